The largest absolute Gasteiger partial charge is 0.463 e. The molecule has 0 aliphatic carbocycles. The van der Waals surface area contributed by atoms with Crippen LogP contribution in [0.3, 0.4) is 0 Å². The summed E-state index contributed by atoms with van der Waals surface area (Å²) in [7, 11) is -3.88. The molecule has 2 aromatic carbocycles. The normalized spacial score (nSPS) is 12.0. The van der Waals surface area contributed by atoms with Crippen molar-refractivity contribution in [1.82, 2.24) is 3.97 Å². The number of carbonyl (C=O) groups excluding carboxylic acids is 1. The van der Waals surface area contributed by atoms with E-state index >= 15 is 0 Å². The highest BCUT2D eigenvalue weighted by Crippen LogP contribution is 2.28. The van der Waals surface area contributed by atoms with Crippen LogP contribution in [0.15, 0.2) is 59.6 Å². The van der Waals surface area contributed by atoms with Crippen molar-refractivity contribution in [2.24, 2.45) is 0 Å². The first-order valence-corrected chi connectivity index (χ1v) is 9.74. The van der Waals surface area contributed by atoms with Crippen molar-refractivity contribution in [2.45, 2.75) is 18.7 Å². The monoisotopic (exact) mass is 387 g/mol. The van der Waals surface area contributed by atoms with Crippen molar-refractivity contribution >= 4 is 33.0 Å². The summed E-state index contributed by atoms with van der Waals surface area (Å²) in [6.45, 7) is 3.77. The molecular weight excluding hydrogens is 369 g/mol. The third-order valence-corrected chi connectivity index (χ3v) is 5.71. The number of benzene rings is 2. The molecule has 7 heteroatoms. The van der Waals surface area contributed by atoms with E-state index in [-0.39, 0.29) is 11.5 Å². The van der Waals surface area contributed by atoms with Gasteiger partial charge in [-0.3, -0.25) is 0 Å². The summed E-state index contributed by atoms with van der Waals surface area (Å²) in [5.41, 5.74) is 1.65. The predicted octanol–water partition coefficient (Wildman–Crippen LogP) is 3.90. The van der Waals surface area contributed by atoms with E-state index in [1.54, 1.807) is 19.1 Å². The van der Waals surface area contributed by atoms with E-state index in [9.17, 15) is 17.6 Å². The first kappa shape index (κ1) is 18.8. The number of aromatic nitrogens is 1. The van der Waals surface area contributed by atoms with Gasteiger partial charge in [0.25, 0.3) is 10.0 Å². The van der Waals surface area contributed by atoms with E-state index in [1.165, 1.54) is 48.7 Å². The van der Waals surface area contributed by atoms with Gasteiger partial charge in [-0.05, 0) is 50.3 Å². The number of hydrogen-bond acceptors (Lipinski definition) is 4. The van der Waals surface area contributed by atoms with Gasteiger partial charge in [0.2, 0.25) is 0 Å². The Bertz CT molecular complexity index is 1130. The van der Waals surface area contributed by atoms with Crippen molar-refractivity contribution in [2.75, 3.05) is 6.61 Å². The highest BCUT2D eigenvalue weighted by Gasteiger charge is 2.21. The van der Waals surface area contributed by atoms with Crippen molar-refractivity contribution in [3.8, 4) is 0 Å². The van der Waals surface area contributed by atoms with E-state index in [0.29, 0.717) is 16.5 Å². The second-order valence-electron chi connectivity index (χ2n) is 5.95. The van der Waals surface area contributed by atoms with Crippen LogP contribution in [0.1, 0.15) is 18.1 Å². The summed E-state index contributed by atoms with van der Waals surface area (Å²) >= 11 is 0. The van der Waals surface area contributed by atoms with E-state index in [2.05, 4.69) is 0 Å². The molecule has 0 saturated heterocycles. The van der Waals surface area contributed by atoms with Gasteiger partial charge in [-0.1, -0.05) is 17.7 Å². The molecule has 3 aromatic rings. The average molecular weight is 387 g/mol. The zero-order valence-electron chi connectivity index (χ0n) is 14.8. The maximum atomic E-state index is 13.7. The molecule has 27 heavy (non-hydrogen) atoms. The SMILES string of the molecule is CCOC(=O)C=Cc1cn(S(=O)(=O)c2ccc(C)cc2)c2ccc(F)cc12. The summed E-state index contributed by atoms with van der Waals surface area (Å²) in [4.78, 5) is 11.7. The quantitative estimate of drug-likeness (QED) is 0.492. The number of aryl methyl sites for hydroxylation is 1. The van der Waals surface area contributed by atoms with Gasteiger partial charge in [-0.15, -0.1) is 0 Å². The molecule has 0 amide bonds. The predicted molar refractivity (Wildman–Crippen MR) is 101 cm³/mol. The number of nitrogens with zero attached hydrogens (tertiary/aromatic N) is 1. The van der Waals surface area contributed by atoms with Gasteiger partial charge in [0.15, 0.2) is 0 Å². The molecule has 1 aromatic heterocycles. The lowest BCUT2D eigenvalue weighted by Crippen LogP contribution is -2.11. The van der Waals surface area contributed by atoms with Gasteiger partial charge in [-0.2, -0.15) is 0 Å². The Morgan fingerprint density at radius 1 is 1.19 bits per heavy atom. The van der Waals surface area contributed by atoms with Crippen molar-refractivity contribution in [1.29, 1.82) is 0 Å². The van der Waals surface area contributed by atoms with Crippen LogP contribution in [-0.2, 0) is 19.6 Å². The number of ether oxygens (including phenoxy) is 1. The van der Waals surface area contributed by atoms with Crippen molar-refractivity contribution in [3.05, 3.63) is 71.7 Å². The van der Waals surface area contributed by atoms with E-state index < -0.39 is 21.8 Å². The second-order valence-corrected chi connectivity index (χ2v) is 7.76. The Hall–Kier alpha value is -2.93. The fourth-order valence-electron chi connectivity index (χ4n) is 2.70. The lowest BCUT2D eigenvalue weighted by molar-refractivity contribution is -0.137. The van der Waals surface area contributed by atoms with Gasteiger partial charge in [0.1, 0.15) is 5.82 Å². The molecule has 0 atom stereocenters. The van der Waals surface area contributed by atoms with Crippen LogP contribution in [-0.4, -0.2) is 25.0 Å². The third kappa shape index (κ3) is 3.78. The summed E-state index contributed by atoms with van der Waals surface area (Å²) in [5.74, 6) is -1.06. The Morgan fingerprint density at radius 2 is 1.89 bits per heavy atom. The van der Waals surface area contributed by atoms with Gasteiger partial charge < -0.3 is 4.74 Å². The average Bonchev–Trinajstić information content (AvgIpc) is 2.99. The smallest absolute Gasteiger partial charge is 0.330 e. The van der Waals surface area contributed by atoms with Gasteiger partial charge in [0, 0.05) is 23.2 Å². The van der Waals surface area contributed by atoms with Crippen molar-refractivity contribution in [3.63, 3.8) is 0 Å². The molecule has 0 aliphatic heterocycles. The maximum Gasteiger partial charge on any atom is 0.330 e. The number of hydrogen-bond donors (Lipinski definition) is 0. The third-order valence-electron chi connectivity index (χ3n) is 4.03. The molecule has 140 valence electrons. The first-order chi connectivity index (χ1) is 12.8. The topological polar surface area (TPSA) is 65.4 Å². The van der Waals surface area contributed by atoms with E-state index in [0.717, 1.165) is 9.54 Å². The minimum absolute atomic E-state index is 0.121. The highest BCUT2D eigenvalue weighted by atomic mass is 32.2. The lowest BCUT2D eigenvalue weighted by atomic mass is 10.1. The molecule has 0 spiro atoms. The summed E-state index contributed by atoms with van der Waals surface area (Å²) < 4.78 is 45.8. The lowest BCUT2D eigenvalue weighted by Gasteiger charge is -2.07. The summed E-state index contributed by atoms with van der Waals surface area (Å²) in [6.07, 6.45) is 3.97. The van der Waals surface area contributed by atoms with Crippen molar-refractivity contribution < 1.29 is 22.3 Å². The molecule has 1 heterocycles. The molecule has 0 saturated carbocycles. The maximum absolute atomic E-state index is 13.7. The minimum Gasteiger partial charge on any atom is -0.463 e. The molecule has 0 aliphatic rings. The van der Waals surface area contributed by atoms with Gasteiger partial charge >= 0.3 is 5.97 Å². The van der Waals surface area contributed by atoms with Crippen LogP contribution >= 0.6 is 0 Å². The Labute approximate surface area is 156 Å². The van der Waals surface area contributed by atoms with Crippen LogP contribution in [0, 0.1) is 12.7 Å². The Kier molecular flexibility index (Phi) is 5.14. The van der Waals surface area contributed by atoms with E-state index in [4.69, 9.17) is 4.74 Å². The summed E-state index contributed by atoms with van der Waals surface area (Å²) in [6, 6.07) is 10.3. The zero-order chi connectivity index (χ0) is 19.6. The number of esters is 1. The first-order valence-electron chi connectivity index (χ1n) is 8.30. The van der Waals surface area contributed by atoms with Crippen LogP contribution in [0.2, 0.25) is 0 Å². The highest BCUT2D eigenvalue weighted by molar-refractivity contribution is 7.90. The molecule has 3 rings (SSSR count). The second kappa shape index (κ2) is 7.36. The molecule has 0 unspecified atom stereocenters. The number of fused-ring (bicyclic) bond motifs is 1. The van der Waals surface area contributed by atoms with Crippen LogP contribution < -0.4 is 0 Å². The van der Waals surface area contributed by atoms with Gasteiger partial charge in [-0.25, -0.2) is 21.6 Å². The van der Waals surface area contributed by atoms with Crippen LogP contribution in [0.5, 0.6) is 0 Å². The standard InChI is InChI=1S/C20H18FNO4S/c1-3-26-20(23)11-6-15-13-22(19-10-7-16(21)12-18(15)19)27(24,25)17-8-4-14(2)5-9-17/h4-13H,3H2,1-2H3. The van der Waals surface area contributed by atoms with Crippen LogP contribution in [0.4, 0.5) is 4.39 Å². The molecule has 0 fully saturated rings. The number of rotatable bonds is 5. The molecule has 0 N–H and O–H groups in total. The fraction of sp³-hybridized carbons (Fsp3) is 0.150. The molecule has 5 nitrogen and oxygen atoms in total. The van der Waals surface area contributed by atoms with Gasteiger partial charge in [0.05, 0.1) is 17.0 Å². The zero-order valence-corrected chi connectivity index (χ0v) is 15.7. The summed E-state index contributed by atoms with van der Waals surface area (Å²) in [5, 5.41) is 0.381. The molecule has 0 bridgehead atoms. The molecular formula is C20H18FNO4S. The Balaban J connectivity index is 2.16. The minimum atomic E-state index is -3.88. The van der Waals surface area contributed by atoms with E-state index in [1.807, 2.05) is 6.92 Å². The fourth-order valence-corrected chi connectivity index (χ4v) is 4.08. The van der Waals surface area contributed by atoms with Crippen LogP contribution in [0.25, 0.3) is 17.0 Å². The Morgan fingerprint density at radius 3 is 2.56 bits per heavy atom. The number of halogens is 1. The number of carbonyl (C=O) groups is 1. The molecule has 0 radical (unpaired) electrons.